The summed E-state index contributed by atoms with van der Waals surface area (Å²) < 4.78 is 10.6. The Hall–Kier alpha value is -4.53. The molecule has 0 atom stereocenters. The molecule has 1 amide bonds. The number of nitrogens with one attached hydrogen (secondary N) is 1. The van der Waals surface area contributed by atoms with Crippen LogP contribution in [-0.4, -0.2) is 28.4 Å². The minimum absolute atomic E-state index is 0.0368. The van der Waals surface area contributed by atoms with E-state index in [2.05, 4.69) is 10.3 Å². The standard InChI is InChI=1S/C23H17N3O6/c1-2-31-23(28)16-11-15(12-18(13-16)26(29)30)21(27)24-17-9-7-14(8-10-17)22-25-19-5-3-4-6-20(19)32-22/h3-13H,2H2,1H3,(H,24,27). The van der Waals surface area contributed by atoms with Gasteiger partial charge < -0.3 is 14.5 Å². The van der Waals surface area contributed by atoms with Gasteiger partial charge in [-0.3, -0.25) is 14.9 Å². The van der Waals surface area contributed by atoms with Crippen LogP contribution >= 0.6 is 0 Å². The van der Waals surface area contributed by atoms with Gasteiger partial charge in [-0.15, -0.1) is 0 Å². The lowest BCUT2D eigenvalue weighted by Gasteiger charge is -2.08. The number of esters is 1. The van der Waals surface area contributed by atoms with Crippen LogP contribution in [0.1, 0.15) is 27.6 Å². The number of nitro benzene ring substituents is 1. The maximum Gasteiger partial charge on any atom is 0.338 e. The number of carbonyl (C=O) groups excluding carboxylic acids is 2. The number of oxazole rings is 1. The number of hydrogen-bond acceptors (Lipinski definition) is 7. The van der Waals surface area contributed by atoms with Crippen LogP contribution in [0.3, 0.4) is 0 Å². The first-order valence-electron chi connectivity index (χ1n) is 9.68. The van der Waals surface area contributed by atoms with Crippen molar-refractivity contribution in [2.45, 2.75) is 6.92 Å². The van der Waals surface area contributed by atoms with Gasteiger partial charge in [0.1, 0.15) is 5.52 Å². The summed E-state index contributed by atoms with van der Waals surface area (Å²) in [6, 6.07) is 17.6. The van der Waals surface area contributed by atoms with Crippen LogP contribution in [0.5, 0.6) is 0 Å². The first-order chi connectivity index (χ1) is 15.4. The zero-order valence-corrected chi connectivity index (χ0v) is 16.9. The first kappa shape index (κ1) is 20.7. The van der Waals surface area contributed by atoms with Gasteiger partial charge in [-0.25, -0.2) is 9.78 Å². The highest BCUT2D eigenvalue weighted by Gasteiger charge is 2.19. The number of benzene rings is 3. The molecule has 0 aliphatic heterocycles. The molecule has 9 nitrogen and oxygen atoms in total. The van der Waals surface area contributed by atoms with Gasteiger partial charge in [0.05, 0.1) is 17.1 Å². The summed E-state index contributed by atoms with van der Waals surface area (Å²) in [5.74, 6) is -0.899. The maximum atomic E-state index is 12.7. The molecule has 0 aliphatic rings. The van der Waals surface area contributed by atoms with Gasteiger partial charge in [-0.1, -0.05) is 12.1 Å². The average molecular weight is 431 g/mol. The van der Waals surface area contributed by atoms with Crippen molar-refractivity contribution >= 4 is 34.4 Å². The minimum atomic E-state index is -0.743. The highest BCUT2D eigenvalue weighted by Crippen LogP contribution is 2.26. The molecule has 0 bridgehead atoms. The monoisotopic (exact) mass is 431 g/mol. The number of non-ortho nitro benzene ring substituents is 1. The number of amides is 1. The summed E-state index contributed by atoms with van der Waals surface area (Å²) in [7, 11) is 0. The van der Waals surface area contributed by atoms with Gasteiger partial charge in [0.2, 0.25) is 5.89 Å². The van der Waals surface area contributed by atoms with Crippen LogP contribution in [0.2, 0.25) is 0 Å². The Balaban J connectivity index is 1.55. The highest BCUT2D eigenvalue weighted by molar-refractivity contribution is 6.06. The predicted molar refractivity (Wildman–Crippen MR) is 116 cm³/mol. The van der Waals surface area contributed by atoms with E-state index in [4.69, 9.17) is 9.15 Å². The van der Waals surface area contributed by atoms with Crippen molar-refractivity contribution in [3.63, 3.8) is 0 Å². The Kier molecular flexibility index (Phi) is 5.63. The van der Waals surface area contributed by atoms with Crippen LogP contribution in [0.15, 0.2) is 71.1 Å². The molecule has 1 N–H and O–H groups in total. The quantitative estimate of drug-likeness (QED) is 0.263. The lowest BCUT2D eigenvalue weighted by Crippen LogP contribution is -2.14. The Labute approximate surface area is 181 Å². The molecule has 0 fully saturated rings. The van der Waals surface area contributed by atoms with E-state index in [1.54, 1.807) is 31.2 Å². The summed E-state index contributed by atoms with van der Waals surface area (Å²) in [6.07, 6.45) is 0. The van der Waals surface area contributed by atoms with Crippen LogP contribution in [0.25, 0.3) is 22.6 Å². The third-order valence-corrected chi connectivity index (χ3v) is 4.59. The van der Waals surface area contributed by atoms with Crippen LogP contribution in [0, 0.1) is 10.1 Å². The van der Waals surface area contributed by atoms with Gasteiger partial charge in [-0.2, -0.15) is 0 Å². The van der Waals surface area contributed by atoms with E-state index in [-0.39, 0.29) is 23.4 Å². The summed E-state index contributed by atoms with van der Waals surface area (Å²) in [5.41, 5.74) is 2.10. The number of aromatic nitrogens is 1. The molecule has 4 aromatic rings. The Morgan fingerprint density at radius 3 is 2.47 bits per heavy atom. The molecular weight excluding hydrogens is 414 g/mol. The molecule has 1 heterocycles. The normalized spacial score (nSPS) is 10.7. The van der Waals surface area contributed by atoms with Gasteiger partial charge >= 0.3 is 5.97 Å². The fraction of sp³-hybridized carbons (Fsp3) is 0.0870. The number of para-hydroxylation sites is 2. The second-order valence-corrected chi connectivity index (χ2v) is 6.76. The third-order valence-electron chi connectivity index (χ3n) is 4.59. The topological polar surface area (TPSA) is 125 Å². The number of fused-ring (bicyclic) bond motifs is 1. The molecular formula is C23H17N3O6. The number of carbonyl (C=O) groups is 2. The summed E-state index contributed by atoms with van der Waals surface area (Å²) in [5, 5.41) is 13.9. The number of rotatable bonds is 6. The molecule has 0 spiro atoms. The molecule has 9 heteroatoms. The van der Waals surface area contributed by atoms with Crippen molar-refractivity contribution in [3.05, 3.63) is 88.0 Å². The molecule has 160 valence electrons. The zero-order valence-electron chi connectivity index (χ0n) is 16.9. The fourth-order valence-corrected chi connectivity index (χ4v) is 3.08. The number of nitro groups is 1. The molecule has 0 saturated carbocycles. The smallest absolute Gasteiger partial charge is 0.338 e. The summed E-state index contributed by atoms with van der Waals surface area (Å²) >= 11 is 0. The highest BCUT2D eigenvalue weighted by atomic mass is 16.6. The van der Waals surface area contributed by atoms with E-state index in [0.717, 1.165) is 23.2 Å². The van der Waals surface area contributed by atoms with Crippen molar-refractivity contribution in [3.8, 4) is 11.5 Å². The predicted octanol–water partition coefficient (Wildman–Crippen LogP) is 4.83. The molecule has 0 saturated heterocycles. The Morgan fingerprint density at radius 1 is 1.06 bits per heavy atom. The van der Waals surface area contributed by atoms with E-state index in [1.165, 1.54) is 6.07 Å². The van der Waals surface area contributed by atoms with Crippen LogP contribution in [-0.2, 0) is 4.74 Å². The zero-order chi connectivity index (χ0) is 22.7. The summed E-state index contributed by atoms with van der Waals surface area (Å²) in [4.78, 5) is 39.6. The number of nitrogens with zero attached hydrogens (tertiary/aromatic N) is 2. The van der Waals surface area contributed by atoms with Crippen molar-refractivity contribution in [2.75, 3.05) is 11.9 Å². The second-order valence-electron chi connectivity index (χ2n) is 6.76. The average Bonchev–Trinajstić information content (AvgIpc) is 3.23. The molecule has 0 radical (unpaired) electrons. The molecule has 0 aliphatic carbocycles. The van der Waals surface area contributed by atoms with Crippen molar-refractivity contribution in [2.24, 2.45) is 0 Å². The lowest BCUT2D eigenvalue weighted by molar-refractivity contribution is -0.384. The Morgan fingerprint density at radius 2 is 1.78 bits per heavy atom. The van der Waals surface area contributed by atoms with Crippen molar-refractivity contribution in [1.82, 2.24) is 4.98 Å². The lowest BCUT2D eigenvalue weighted by atomic mass is 10.1. The van der Waals surface area contributed by atoms with Gasteiger partial charge in [0, 0.05) is 28.9 Å². The first-order valence-corrected chi connectivity index (χ1v) is 9.68. The summed E-state index contributed by atoms with van der Waals surface area (Å²) in [6.45, 7) is 1.73. The largest absolute Gasteiger partial charge is 0.462 e. The van der Waals surface area contributed by atoms with E-state index in [1.807, 2.05) is 24.3 Å². The number of hydrogen-bond donors (Lipinski definition) is 1. The van der Waals surface area contributed by atoms with Gasteiger partial charge in [-0.05, 0) is 49.4 Å². The van der Waals surface area contributed by atoms with Crippen molar-refractivity contribution < 1.29 is 23.7 Å². The van der Waals surface area contributed by atoms with Crippen LogP contribution in [0.4, 0.5) is 11.4 Å². The maximum absolute atomic E-state index is 12.7. The van der Waals surface area contributed by atoms with E-state index >= 15 is 0 Å². The van der Waals surface area contributed by atoms with E-state index in [0.29, 0.717) is 17.2 Å². The second kappa shape index (κ2) is 8.68. The molecule has 0 unspecified atom stereocenters. The third kappa shape index (κ3) is 4.31. The molecule has 4 rings (SSSR count). The van der Waals surface area contributed by atoms with Gasteiger partial charge in [0.25, 0.3) is 11.6 Å². The van der Waals surface area contributed by atoms with Gasteiger partial charge in [0.15, 0.2) is 5.58 Å². The number of anilines is 1. The molecule has 3 aromatic carbocycles. The SMILES string of the molecule is CCOC(=O)c1cc(C(=O)Nc2ccc(-c3nc4ccccc4o3)cc2)cc([N+](=O)[O-])c1. The fourth-order valence-electron chi connectivity index (χ4n) is 3.08. The van der Waals surface area contributed by atoms with Crippen molar-refractivity contribution in [1.29, 1.82) is 0 Å². The minimum Gasteiger partial charge on any atom is -0.462 e. The number of ether oxygens (including phenoxy) is 1. The van der Waals surface area contributed by atoms with Crippen LogP contribution < -0.4 is 5.32 Å². The molecule has 32 heavy (non-hydrogen) atoms. The van der Waals surface area contributed by atoms with E-state index < -0.39 is 16.8 Å². The Bertz CT molecular complexity index is 1290. The van der Waals surface area contributed by atoms with E-state index in [9.17, 15) is 19.7 Å². The molecule has 1 aromatic heterocycles.